The van der Waals surface area contributed by atoms with Crippen LogP contribution in [0.2, 0.25) is 0 Å². The van der Waals surface area contributed by atoms with Gasteiger partial charge < -0.3 is 18.9 Å². The molecule has 0 bridgehead atoms. The molecule has 0 saturated carbocycles. The first-order valence-corrected chi connectivity index (χ1v) is 4.86. The zero-order chi connectivity index (χ0) is 14.9. The molecular weight excluding hydrogens is 248 g/mol. The van der Waals surface area contributed by atoms with E-state index in [-0.39, 0.29) is 0 Å². The Bertz CT molecular complexity index is 422. The second-order valence-electron chi connectivity index (χ2n) is 3.62. The average Bonchev–Trinajstić information content (AvgIpc) is 2.87. The Balaban J connectivity index is 2.10. The van der Waals surface area contributed by atoms with Crippen molar-refractivity contribution in [1.29, 1.82) is 0 Å². The van der Waals surface area contributed by atoms with Crippen LogP contribution in [-0.2, 0) is 38.1 Å². The van der Waals surface area contributed by atoms with Crippen LogP contribution in [0.1, 0.15) is 16.5 Å². The fourth-order valence-corrected chi connectivity index (χ4v) is 1.79. The number of carbonyl (C=O) groups is 4. The van der Waals surface area contributed by atoms with Crippen LogP contribution >= 0.6 is 0 Å². The van der Waals surface area contributed by atoms with Crippen molar-refractivity contribution in [2.24, 2.45) is 0 Å². The summed E-state index contributed by atoms with van der Waals surface area (Å²) in [5, 5.41) is 0. The Morgan fingerprint density at radius 3 is 1.72 bits per heavy atom. The summed E-state index contributed by atoms with van der Waals surface area (Å²) < 4.78 is 32.5. The zero-order valence-electron chi connectivity index (χ0n) is 11.0. The summed E-state index contributed by atoms with van der Waals surface area (Å²) in [6.45, 7) is -1.40. The largest absolute Gasteiger partial charge is 0.451 e. The first-order valence-electron chi connectivity index (χ1n) is 6.27. The molecule has 0 aromatic carbocycles. The van der Waals surface area contributed by atoms with Crippen molar-refractivity contribution in [3.8, 4) is 0 Å². The van der Waals surface area contributed by atoms with Crippen molar-refractivity contribution in [2.75, 3.05) is 0 Å². The topological polar surface area (TPSA) is 105 Å². The standard InChI is InChI=1S/C10H10O8/c1-3(11)15-7-5-6(18-9(7)13)8(10(14)17-5)16-4(2)12/h5-8H,1-2H3/t5-,6-,7-,8+/m0/s1/i1D,2D. The van der Waals surface area contributed by atoms with Gasteiger partial charge in [0.25, 0.3) is 0 Å². The van der Waals surface area contributed by atoms with Gasteiger partial charge in [-0.1, -0.05) is 0 Å². The third-order valence-corrected chi connectivity index (χ3v) is 2.41. The molecule has 2 saturated heterocycles. The molecule has 0 amide bonds. The maximum atomic E-state index is 11.5. The average molecular weight is 260 g/mol. The summed E-state index contributed by atoms with van der Waals surface area (Å²) in [5.41, 5.74) is 0. The summed E-state index contributed by atoms with van der Waals surface area (Å²) >= 11 is 0. The SMILES string of the molecule is [2H]CC(=O)O[C@@H]1C(=O)O[C@H]2[C@@H]1OC(=O)[C@@H]2OC(=O)C[2H]. The summed E-state index contributed by atoms with van der Waals surface area (Å²) in [7, 11) is 0. The van der Waals surface area contributed by atoms with Gasteiger partial charge in [-0.25, -0.2) is 9.59 Å². The Morgan fingerprint density at radius 2 is 1.39 bits per heavy atom. The van der Waals surface area contributed by atoms with Gasteiger partial charge in [0.2, 0.25) is 12.2 Å². The van der Waals surface area contributed by atoms with Gasteiger partial charge in [-0.2, -0.15) is 0 Å². The Kier molecular flexibility index (Phi) is 2.35. The molecular formula is C10H10O8. The van der Waals surface area contributed by atoms with E-state index < -0.39 is 62.1 Å². The molecule has 0 aliphatic carbocycles. The molecule has 2 aliphatic heterocycles. The maximum absolute atomic E-state index is 11.5. The lowest BCUT2D eigenvalue weighted by Crippen LogP contribution is -2.36. The van der Waals surface area contributed by atoms with Gasteiger partial charge in [0.15, 0.2) is 12.2 Å². The Labute approximate surface area is 104 Å². The minimum Gasteiger partial charge on any atom is -0.451 e. The van der Waals surface area contributed by atoms with E-state index in [9.17, 15) is 19.2 Å². The molecule has 2 heterocycles. The molecule has 2 fully saturated rings. The molecule has 0 aromatic heterocycles. The van der Waals surface area contributed by atoms with E-state index in [4.69, 9.17) is 12.2 Å². The molecule has 4 atom stereocenters. The minimum atomic E-state index is -1.47. The second kappa shape index (κ2) is 4.28. The van der Waals surface area contributed by atoms with Crippen LogP contribution in [0, 0.1) is 0 Å². The van der Waals surface area contributed by atoms with Crippen LogP contribution in [0.3, 0.4) is 0 Å². The van der Waals surface area contributed by atoms with E-state index in [1.165, 1.54) is 0 Å². The van der Waals surface area contributed by atoms with E-state index >= 15 is 0 Å². The van der Waals surface area contributed by atoms with Crippen molar-refractivity contribution >= 4 is 23.9 Å². The van der Waals surface area contributed by atoms with Crippen LogP contribution in [0.5, 0.6) is 0 Å². The summed E-state index contributed by atoms with van der Waals surface area (Å²) in [6, 6.07) is 0. The predicted octanol–water partition coefficient (Wildman–Crippen LogP) is -1.30. The molecule has 8 nitrogen and oxygen atoms in total. The highest BCUT2D eigenvalue weighted by Gasteiger charge is 2.61. The van der Waals surface area contributed by atoms with E-state index in [0.29, 0.717) is 0 Å². The lowest BCUT2D eigenvalue weighted by Gasteiger charge is -2.12. The van der Waals surface area contributed by atoms with Crippen LogP contribution < -0.4 is 0 Å². The van der Waals surface area contributed by atoms with E-state index in [2.05, 4.69) is 9.47 Å². The normalized spacial score (nSPS) is 34.9. The Morgan fingerprint density at radius 1 is 1.00 bits per heavy atom. The van der Waals surface area contributed by atoms with Gasteiger partial charge in [-0.15, -0.1) is 0 Å². The molecule has 18 heavy (non-hydrogen) atoms. The summed E-state index contributed by atoms with van der Waals surface area (Å²) in [5.74, 6) is -3.84. The van der Waals surface area contributed by atoms with Crippen LogP contribution in [0.15, 0.2) is 0 Å². The fourth-order valence-electron chi connectivity index (χ4n) is 1.79. The van der Waals surface area contributed by atoms with Gasteiger partial charge in [0.05, 0.1) is 0 Å². The first kappa shape index (κ1) is 9.86. The molecule has 0 spiro atoms. The number of ether oxygens (including phenoxy) is 4. The predicted molar refractivity (Wildman–Crippen MR) is 50.9 cm³/mol. The quantitative estimate of drug-likeness (QED) is 0.445. The lowest BCUT2D eigenvalue weighted by molar-refractivity contribution is -0.173. The van der Waals surface area contributed by atoms with E-state index in [1.54, 1.807) is 0 Å². The highest BCUT2D eigenvalue weighted by Crippen LogP contribution is 2.32. The molecule has 0 radical (unpaired) electrons. The third kappa shape index (κ3) is 2.01. The van der Waals surface area contributed by atoms with Crippen molar-refractivity contribution in [1.82, 2.24) is 0 Å². The van der Waals surface area contributed by atoms with Gasteiger partial charge in [-0.3, -0.25) is 9.59 Å². The van der Waals surface area contributed by atoms with Crippen molar-refractivity contribution in [3.05, 3.63) is 0 Å². The van der Waals surface area contributed by atoms with Crippen LogP contribution in [-0.4, -0.2) is 48.3 Å². The van der Waals surface area contributed by atoms with Crippen molar-refractivity contribution < 1.29 is 40.9 Å². The maximum Gasteiger partial charge on any atom is 0.352 e. The van der Waals surface area contributed by atoms with Gasteiger partial charge in [0.1, 0.15) is 0 Å². The minimum absolute atomic E-state index is 0.702. The molecule has 0 N–H and O–H groups in total. The van der Waals surface area contributed by atoms with E-state index in [1.807, 2.05) is 0 Å². The smallest absolute Gasteiger partial charge is 0.352 e. The van der Waals surface area contributed by atoms with E-state index in [0.717, 1.165) is 0 Å². The number of esters is 4. The lowest BCUT2D eigenvalue weighted by atomic mass is 10.1. The summed E-state index contributed by atoms with van der Waals surface area (Å²) in [4.78, 5) is 45.1. The second-order valence-corrected chi connectivity index (χ2v) is 3.62. The first-order chi connectivity index (χ1) is 9.47. The number of rotatable bonds is 2. The third-order valence-electron chi connectivity index (χ3n) is 2.41. The number of hydrogen-bond acceptors (Lipinski definition) is 8. The molecule has 98 valence electrons. The highest BCUT2D eigenvalue weighted by atomic mass is 16.7. The highest BCUT2D eigenvalue weighted by molar-refractivity contribution is 5.88. The van der Waals surface area contributed by atoms with Gasteiger partial charge >= 0.3 is 23.9 Å². The van der Waals surface area contributed by atoms with Crippen molar-refractivity contribution in [2.45, 2.75) is 38.2 Å². The van der Waals surface area contributed by atoms with Gasteiger partial charge in [0, 0.05) is 16.5 Å². The van der Waals surface area contributed by atoms with Crippen molar-refractivity contribution in [3.63, 3.8) is 0 Å². The number of fused-ring (bicyclic) bond motifs is 1. The molecule has 2 aliphatic rings. The zero-order valence-corrected chi connectivity index (χ0v) is 8.99. The molecule has 8 heteroatoms. The number of carbonyl (C=O) groups excluding carboxylic acids is 4. The Hall–Kier alpha value is -2.12. The van der Waals surface area contributed by atoms with Crippen LogP contribution in [0.25, 0.3) is 0 Å². The number of hydrogen-bond donors (Lipinski definition) is 0. The summed E-state index contributed by atoms with van der Waals surface area (Å²) in [6.07, 6.45) is -5.37. The van der Waals surface area contributed by atoms with Gasteiger partial charge in [-0.05, 0) is 0 Å². The van der Waals surface area contributed by atoms with Crippen LogP contribution in [0.4, 0.5) is 0 Å². The molecule has 0 aromatic rings. The monoisotopic (exact) mass is 260 g/mol. The molecule has 2 rings (SSSR count). The molecule has 0 unspecified atom stereocenters. The fraction of sp³-hybridized carbons (Fsp3) is 0.600.